The first kappa shape index (κ1) is 13.6. The molecule has 1 aromatic rings. The third-order valence-electron chi connectivity index (χ3n) is 4.15. The van der Waals surface area contributed by atoms with Crippen LogP contribution >= 0.6 is 0 Å². The lowest BCUT2D eigenvalue weighted by Gasteiger charge is -2.26. The second-order valence-corrected chi connectivity index (χ2v) is 5.59. The molecular formula is C15H27N3. The van der Waals surface area contributed by atoms with Gasteiger partial charge in [-0.15, -0.1) is 0 Å². The minimum atomic E-state index is 0.601. The Morgan fingerprint density at radius 1 is 1.39 bits per heavy atom. The van der Waals surface area contributed by atoms with E-state index >= 15 is 0 Å². The van der Waals surface area contributed by atoms with E-state index in [1.54, 1.807) is 0 Å². The lowest BCUT2D eigenvalue weighted by atomic mass is 9.94. The molecule has 0 aliphatic carbocycles. The summed E-state index contributed by atoms with van der Waals surface area (Å²) in [6, 6.07) is 0.601. The van der Waals surface area contributed by atoms with Crippen LogP contribution in [0.5, 0.6) is 0 Å². The maximum absolute atomic E-state index is 4.39. The molecule has 0 bridgehead atoms. The van der Waals surface area contributed by atoms with Crippen LogP contribution in [-0.2, 0) is 0 Å². The van der Waals surface area contributed by atoms with Gasteiger partial charge < -0.3 is 9.88 Å². The standard InChI is InChI=1S/C15H27N3/c1-3-4-5-6-13(2)18-12-17-11-15(18)14-7-9-16-10-8-14/h11-14,16H,3-10H2,1-2H3. The van der Waals surface area contributed by atoms with Gasteiger partial charge in [-0.1, -0.05) is 26.2 Å². The third-order valence-corrected chi connectivity index (χ3v) is 4.15. The SMILES string of the molecule is CCCCCC(C)n1cncc1C1CCNCC1. The van der Waals surface area contributed by atoms with Crippen LogP contribution in [-0.4, -0.2) is 22.6 Å². The normalized spacial score (nSPS) is 19.0. The van der Waals surface area contributed by atoms with Crippen molar-refractivity contribution in [2.75, 3.05) is 13.1 Å². The quantitative estimate of drug-likeness (QED) is 0.782. The van der Waals surface area contributed by atoms with Crippen LogP contribution in [0.2, 0.25) is 0 Å². The zero-order chi connectivity index (χ0) is 12.8. The van der Waals surface area contributed by atoms with Crippen molar-refractivity contribution in [1.82, 2.24) is 14.9 Å². The maximum Gasteiger partial charge on any atom is 0.0950 e. The van der Waals surface area contributed by atoms with Gasteiger partial charge in [0.05, 0.1) is 6.33 Å². The third kappa shape index (κ3) is 3.35. The molecule has 1 atom stereocenters. The lowest BCUT2D eigenvalue weighted by molar-refractivity contribution is 0.408. The van der Waals surface area contributed by atoms with Crippen molar-refractivity contribution < 1.29 is 0 Å². The number of rotatable bonds is 6. The van der Waals surface area contributed by atoms with Crippen molar-refractivity contribution in [3.63, 3.8) is 0 Å². The highest BCUT2D eigenvalue weighted by Crippen LogP contribution is 2.28. The van der Waals surface area contributed by atoms with Crippen LogP contribution in [0.1, 0.15) is 70.0 Å². The summed E-state index contributed by atoms with van der Waals surface area (Å²) in [5.74, 6) is 0.711. The lowest BCUT2D eigenvalue weighted by Crippen LogP contribution is -2.28. The Hall–Kier alpha value is -0.830. The molecule has 3 heteroatoms. The second kappa shape index (κ2) is 6.93. The van der Waals surface area contributed by atoms with Crippen LogP contribution < -0.4 is 5.32 Å². The predicted molar refractivity (Wildman–Crippen MR) is 75.9 cm³/mol. The Morgan fingerprint density at radius 3 is 2.89 bits per heavy atom. The van der Waals surface area contributed by atoms with Gasteiger partial charge in [0.15, 0.2) is 0 Å². The van der Waals surface area contributed by atoms with Gasteiger partial charge in [0.25, 0.3) is 0 Å². The molecule has 2 rings (SSSR count). The molecule has 1 saturated heterocycles. The molecule has 2 heterocycles. The average Bonchev–Trinajstić information content (AvgIpc) is 2.89. The van der Waals surface area contributed by atoms with Crippen LogP contribution in [0.25, 0.3) is 0 Å². The minimum Gasteiger partial charge on any atom is -0.332 e. The fraction of sp³-hybridized carbons (Fsp3) is 0.800. The smallest absolute Gasteiger partial charge is 0.0950 e. The van der Waals surface area contributed by atoms with E-state index in [1.165, 1.54) is 44.2 Å². The van der Waals surface area contributed by atoms with E-state index in [-0.39, 0.29) is 0 Å². The summed E-state index contributed by atoms with van der Waals surface area (Å²) in [4.78, 5) is 4.39. The Kier molecular flexibility index (Phi) is 5.24. The number of hydrogen-bond donors (Lipinski definition) is 1. The molecule has 0 saturated carbocycles. The highest BCUT2D eigenvalue weighted by atomic mass is 15.1. The fourth-order valence-electron chi connectivity index (χ4n) is 2.95. The van der Waals surface area contributed by atoms with Crippen molar-refractivity contribution in [3.8, 4) is 0 Å². The van der Waals surface area contributed by atoms with E-state index in [1.807, 2.05) is 6.33 Å². The maximum atomic E-state index is 4.39. The summed E-state index contributed by atoms with van der Waals surface area (Å²) >= 11 is 0. The number of nitrogens with one attached hydrogen (secondary N) is 1. The topological polar surface area (TPSA) is 29.9 Å². The molecule has 0 amide bonds. The average molecular weight is 249 g/mol. The Labute approximate surface area is 111 Å². The summed E-state index contributed by atoms with van der Waals surface area (Å²) in [6.07, 6.45) is 11.9. The fourth-order valence-corrected chi connectivity index (χ4v) is 2.95. The van der Waals surface area contributed by atoms with Crippen molar-refractivity contribution in [2.24, 2.45) is 0 Å². The number of nitrogens with zero attached hydrogens (tertiary/aromatic N) is 2. The summed E-state index contributed by atoms with van der Waals surface area (Å²) in [5.41, 5.74) is 1.46. The van der Waals surface area contributed by atoms with Crippen LogP contribution in [0, 0.1) is 0 Å². The van der Waals surface area contributed by atoms with E-state index in [4.69, 9.17) is 0 Å². The molecule has 0 spiro atoms. The van der Waals surface area contributed by atoms with Gasteiger partial charge >= 0.3 is 0 Å². The van der Waals surface area contributed by atoms with Crippen molar-refractivity contribution in [3.05, 3.63) is 18.2 Å². The highest BCUT2D eigenvalue weighted by Gasteiger charge is 2.20. The molecule has 0 radical (unpaired) electrons. The molecule has 1 aromatic heterocycles. The molecule has 1 fully saturated rings. The van der Waals surface area contributed by atoms with Gasteiger partial charge in [-0.3, -0.25) is 0 Å². The molecule has 1 aliphatic rings. The largest absolute Gasteiger partial charge is 0.332 e. The molecule has 1 aliphatic heterocycles. The van der Waals surface area contributed by atoms with Gasteiger partial charge in [-0.25, -0.2) is 4.98 Å². The van der Waals surface area contributed by atoms with Crippen molar-refractivity contribution in [2.45, 2.75) is 64.3 Å². The van der Waals surface area contributed by atoms with Gasteiger partial charge in [0, 0.05) is 23.9 Å². The zero-order valence-electron chi connectivity index (χ0n) is 11.9. The number of aromatic nitrogens is 2. The molecule has 0 aromatic carbocycles. The van der Waals surface area contributed by atoms with Crippen molar-refractivity contribution in [1.29, 1.82) is 0 Å². The first-order chi connectivity index (χ1) is 8.83. The van der Waals surface area contributed by atoms with Gasteiger partial charge in [-0.05, 0) is 39.3 Å². The van der Waals surface area contributed by atoms with Gasteiger partial charge in [0.2, 0.25) is 0 Å². The Morgan fingerprint density at radius 2 is 2.17 bits per heavy atom. The molecule has 1 N–H and O–H groups in total. The van der Waals surface area contributed by atoms with E-state index in [2.05, 4.69) is 34.9 Å². The summed E-state index contributed by atoms with van der Waals surface area (Å²) < 4.78 is 2.42. The van der Waals surface area contributed by atoms with E-state index in [0.29, 0.717) is 12.0 Å². The van der Waals surface area contributed by atoms with E-state index < -0.39 is 0 Å². The zero-order valence-corrected chi connectivity index (χ0v) is 11.9. The summed E-state index contributed by atoms with van der Waals surface area (Å²) in [5, 5.41) is 3.44. The molecule has 1 unspecified atom stereocenters. The first-order valence-electron chi connectivity index (χ1n) is 7.55. The molecule has 102 valence electrons. The minimum absolute atomic E-state index is 0.601. The van der Waals surface area contributed by atoms with Crippen molar-refractivity contribution >= 4 is 0 Å². The number of imidazole rings is 1. The first-order valence-corrected chi connectivity index (χ1v) is 7.55. The number of hydrogen-bond acceptors (Lipinski definition) is 2. The number of piperidine rings is 1. The van der Waals surface area contributed by atoms with E-state index in [0.717, 1.165) is 13.1 Å². The Bertz CT molecular complexity index is 339. The van der Waals surface area contributed by atoms with Gasteiger partial charge in [0.1, 0.15) is 0 Å². The van der Waals surface area contributed by atoms with Gasteiger partial charge in [-0.2, -0.15) is 0 Å². The molecule has 3 nitrogen and oxygen atoms in total. The Balaban J connectivity index is 1.97. The van der Waals surface area contributed by atoms with E-state index in [9.17, 15) is 0 Å². The summed E-state index contributed by atoms with van der Waals surface area (Å²) in [7, 11) is 0. The molecular weight excluding hydrogens is 222 g/mol. The summed E-state index contributed by atoms with van der Waals surface area (Å²) in [6.45, 7) is 6.91. The van der Waals surface area contributed by atoms with Crippen LogP contribution in [0.3, 0.4) is 0 Å². The van der Waals surface area contributed by atoms with Crippen LogP contribution in [0.15, 0.2) is 12.5 Å². The second-order valence-electron chi connectivity index (χ2n) is 5.59. The predicted octanol–water partition coefficient (Wildman–Crippen LogP) is 3.49. The number of unbranched alkanes of at least 4 members (excludes halogenated alkanes) is 2. The highest BCUT2D eigenvalue weighted by molar-refractivity contribution is 5.09. The molecule has 18 heavy (non-hydrogen) atoms. The monoisotopic (exact) mass is 249 g/mol. The van der Waals surface area contributed by atoms with Crippen LogP contribution in [0.4, 0.5) is 0 Å².